The summed E-state index contributed by atoms with van der Waals surface area (Å²) in [6.07, 6.45) is 1.06. The van der Waals surface area contributed by atoms with Crippen molar-refractivity contribution in [3.63, 3.8) is 0 Å². The van der Waals surface area contributed by atoms with Crippen LogP contribution in [0.25, 0.3) is 42.4 Å². The van der Waals surface area contributed by atoms with E-state index < -0.39 is 5.78 Å². The Balaban J connectivity index is 0.000000578. The molecule has 0 radical (unpaired) electrons. The molecule has 11 nitrogen and oxygen atoms in total. The summed E-state index contributed by atoms with van der Waals surface area (Å²) in [6, 6.07) is 6.44. The van der Waals surface area contributed by atoms with Gasteiger partial charge >= 0.3 is 0 Å². The molecule has 1 aromatic rings. The number of fused-ring (bicyclic) bond motifs is 1. The zero-order valence-electron chi connectivity index (χ0n) is 10.2. The van der Waals surface area contributed by atoms with E-state index in [0.29, 0.717) is 5.56 Å². The third kappa shape index (κ3) is 4.78. The fraction of sp³-hybridized carbons (Fsp3) is 0. The lowest BCUT2D eigenvalue weighted by Crippen LogP contribution is -2.15. The number of carbonyl (C=O) groups is 2. The van der Waals surface area contributed by atoms with Crippen molar-refractivity contribution in [1.29, 1.82) is 0 Å². The molecule has 0 aromatic heterocycles. The van der Waals surface area contributed by atoms with Gasteiger partial charge in [0.2, 0.25) is 0 Å². The van der Waals surface area contributed by atoms with Crippen molar-refractivity contribution < 1.29 is 9.59 Å². The van der Waals surface area contributed by atoms with E-state index in [2.05, 4.69) is 10.0 Å². The third-order valence-electron chi connectivity index (χ3n) is 2.09. The molecular weight excluding hydrogens is 278 g/mol. The smallest absolute Gasteiger partial charge is 0.196 e. The topological polar surface area (TPSA) is 200 Å². The summed E-state index contributed by atoms with van der Waals surface area (Å²) in [7, 11) is 0. The molecule has 1 aliphatic rings. The molecule has 0 unspecified atom stereocenters. The quantitative estimate of drug-likeness (QED) is 0.426. The maximum Gasteiger partial charge on any atom is 0.196 e. The fourth-order valence-electron chi connectivity index (χ4n) is 1.42. The minimum absolute atomic E-state index is 0.152. The lowest BCUT2D eigenvalue weighted by atomic mass is 9.93. The van der Waals surface area contributed by atoms with Crippen LogP contribution in [0.15, 0.2) is 41.2 Å². The minimum Gasteiger partial charge on any atom is -0.373 e. The van der Waals surface area contributed by atoms with Gasteiger partial charge in [-0.15, -0.1) is 0 Å². The van der Waals surface area contributed by atoms with E-state index in [1.54, 1.807) is 18.2 Å². The first-order valence-corrected chi connectivity index (χ1v) is 4.99. The van der Waals surface area contributed by atoms with Gasteiger partial charge in [0.15, 0.2) is 11.6 Å². The van der Waals surface area contributed by atoms with Crippen LogP contribution in [-0.2, 0) is 0 Å². The molecule has 1 aromatic carbocycles. The first kappa shape index (κ1) is 17.2. The molecule has 0 atom stereocenters. The van der Waals surface area contributed by atoms with Crippen molar-refractivity contribution in [3.05, 3.63) is 89.6 Å². The Morgan fingerprint density at radius 1 is 0.857 bits per heavy atom. The molecule has 0 saturated carbocycles. The summed E-state index contributed by atoms with van der Waals surface area (Å²) >= 11 is 0. The van der Waals surface area contributed by atoms with Crippen LogP contribution in [0.2, 0.25) is 0 Å². The summed E-state index contributed by atoms with van der Waals surface area (Å²) in [6.45, 7) is 0. The lowest BCUT2D eigenvalue weighted by Gasteiger charge is -2.10. The Morgan fingerprint density at radius 2 is 1.33 bits per heavy atom. The number of rotatable bonds is 1. The minimum atomic E-state index is -0.414. The van der Waals surface area contributed by atoms with E-state index in [1.807, 2.05) is 0 Å². The highest BCUT2D eigenvalue weighted by molar-refractivity contribution is 6.24. The fourth-order valence-corrected chi connectivity index (χ4v) is 1.42. The number of nitrogens with zero attached hydrogens (tertiary/aromatic N) is 9. The van der Waals surface area contributed by atoms with Gasteiger partial charge in [0.1, 0.15) is 0 Å². The third-order valence-corrected chi connectivity index (χ3v) is 2.09. The van der Waals surface area contributed by atoms with Crippen molar-refractivity contribution in [1.82, 2.24) is 0 Å². The van der Waals surface area contributed by atoms with Crippen LogP contribution in [0.4, 0.5) is 0 Å². The van der Waals surface area contributed by atoms with Gasteiger partial charge in [-0.05, 0) is 11.6 Å². The Bertz CT molecular complexity index is 691. The van der Waals surface area contributed by atoms with Gasteiger partial charge in [0.25, 0.3) is 0 Å². The van der Waals surface area contributed by atoms with E-state index in [1.165, 1.54) is 15.9 Å². The number of Topliss-reactive ketones (excluding diaryl/α,β-unsaturated/α-hetero) is 1. The Morgan fingerprint density at radius 3 is 1.81 bits per heavy atom. The van der Waals surface area contributed by atoms with Crippen LogP contribution in [0.3, 0.4) is 0 Å². The average molecular weight is 283 g/mol. The molecular formula is C10H5N9O2-2. The van der Waals surface area contributed by atoms with E-state index in [-0.39, 0.29) is 17.0 Å². The summed E-state index contributed by atoms with van der Waals surface area (Å²) in [4.78, 5) is 28.7. The van der Waals surface area contributed by atoms with Crippen LogP contribution in [0, 0.1) is 0 Å². The van der Waals surface area contributed by atoms with Gasteiger partial charge in [-0.25, -0.2) is 0 Å². The van der Waals surface area contributed by atoms with Gasteiger partial charge in [0, 0.05) is 16.0 Å². The molecule has 2 rings (SSSR count). The number of hydrogen-bond acceptors (Lipinski definition) is 3. The molecule has 0 aliphatic heterocycles. The number of hydrogen-bond donors (Lipinski definition) is 0. The lowest BCUT2D eigenvalue weighted by molar-refractivity contribution is 0.0983. The van der Waals surface area contributed by atoms with Gasteiger partial charge in [0.05, 0.1) is 5.70 Å². The van der Waals surface area contributed by atoms with E-state index in [9.17, 15) is 9.59 Å². The van der Waals surface area contributed by atoms with E-state index >= 15 is 0 Å². The van der Waals surface area contributed by atoms with Gasteiger partial charge in [-0.1, -0.05) is 29.4 Å². The van der Waals surface area contributed by atoms with Crippen molar-refractivity contribution in [2.45, 2.75) is 0 Å². The van der Waals surface area contributed by atoms with Crippen molar-refractivity contribution in [3.8, 4) is 0 Å². The van der Waals surface area contributed by atoms with E-state index in [0.717, 1.165) is 6.08 Å². The molecule has 0 heterocycles. The summed E-state index contributed by atoms with van der Waals surface area (Å²) in [5.74, 6) is -0.726. The number of ketones is 2. The Labute approximate surface area is 117 Å². The average Bonchev–Trinajstić information content (AvgIpc) is 2.46. The molecule has 0 amide bonds. The highest BCUT2D eigenvalue weighted by atomic mass is 16.1. The number of carbonyl (C=O) groups excluding carboxylic acids is 2. The van der Waals surface area contributed by atoms with Crippen LogP contribution >= 0.6 is 0 Å². The van der Waals surface area contributed by atoms with Gasteiger partial charge in [-0.2, -0.15) is 0 Å². The first-order chi connectivity index (χ1) is 10.1. The van der Waals surface area contributed by atoms with Crippen LogP contribution in [0.5, 0.6) is 0 Å². The molecule has 0 saturated heterocycles. The Hall–Kier alpha value is -3.77. The van der Waals surface area contributed by atoms with Crippen LogP contribution in [0.1, 0.15) is 20.7 Å². The summed E-state index contributed by atoms with van der Waals surface area (Å²) < 4.78 is 0. The highest BCUT2D eigenvalue weighted by Gasteiger charge is 2.23. The zero-order chi connectivity index (χ0) is 16.3. The highest BCUT2D eigenvalue weighted by Crippen LogP contribution is 2.21. The summed E-state index contributed by atoms with van der Waals surface area (Å²) in [5.41, 5.74) is 35.7. The molecule has 104 valence electrons. The Kier molecular flexibility index (Phi) is 7.55. The molecule has 21 heavy (non-hydrogen) atoms. The number of benzene rings is 1. The molecule has 0 spiro atoms. The van der Waals surface area contributed by atoms with Gasteiger partial charge < -0.3 is 22.1 Å². The van der Waals surface area contributed by atoms with Crippen LogP contribution < -0.4 is 0 Å². The SMILES string of the molecule is [N-]=[N+]=NC1=CC(=O)c2ccccc2C1=O.[N-]=[N+]=[N-].[N-]=[N+]=[N-]. The molecule has 0 N–H and O–H groups in total. The second kappa shape index (κ2) is 9.20. The predicted octanol–water partition coefficient (Wildman–Crippen LogP) is 3.99. The number of allylic oxidation sites excluding steroid dienone is 2. The number of azide groups is 1. The maximum atomic E-state index is 11.7. The molecule has 0 bridgehead atoms. The molecule has 1 aliphatic carbocycles. The van der Waals surface area contributed by atoms with Crippen LogP contribution in [-0.4, -0.2) is 11.6 Å². The summed E-state index contributed by atoms with van der Waals surface area (Å²) in [5, 5.41) is 3.19. The van der Waals surface area contributed by atoms with E-state index in [4.69, 9.17) is 27.7 Å². The molecule has 11 heteroatoms. The zero-order valence-corrected chi connectivity index (χ0v) is 10.2. The standard InChI is InChI=1S/C10H5N3O2.2N3/c11-13-12-8-5-9(14)6-3-1-2-4-7(6)10(8)15;2*1-3-2/h1-5H;;/q;2*-1. The second-order valence-corrected chi connectivity index (χ2v) is 3.14. The van der Waals surface area contributed by atoms with Gasteiger partial charge in [-0.3, -0.25) is 19.4 Å². The predicted molar refractivity (Wildman–Crippen MR) is 72.5 cm³/mol. The molecule has 0 fully saturated rings. The monoisotopic (exact) mass is 283 g/mol. The maximum absolute atomic E-state index is 11.7. The largest absolute Gasteiger partial charge is 0.373 e. The second-order valence-electron chi connectivity index (χ2n) is 3.14. The van der Waals surface area contributed by atoms with Crippen molar-refractivity contribution in [2.75, 3.05) is 0 Å². The first-order valence-electron chi connectivity index (χ1n) is 4.99. The van der Waals surface area contributed by atoms with Crippen molar-refractivity contribution in [2.24, 2.45) is 5.11 Å². The van der Waals surface area contributed by atoms with Crippen molar-refractivity contribution >= 4 is 11.6 Å². The normalized spacial score (nSPS) is 10.8.